The van der Waals surface area contributed by atoms with Gasteiger partial charge in [0.05, 0.1) is 24.4 Å². The van der Waals surface area contributed by atoms with Crippen LogP contribution in [0.2, 0.25) is 0 Å². The molecule has 3 heterocycles. The Bertz CT molecular complexity index is 741. The maximum Gasteiger partial charge on any atom is 0.224 e. The zero-order chi connectivity index (χ0) is 15.2. The molecule has 1 fully saturated rings. The van der Waals surface area contributed by atoms with E-state index in [1.165, 1.54) is 11.8 Å². The Morgan fingerprint density at radius 3 is 2.90 bits per heavy atom. The van der Waals surface area contributed by atoms with E-state index in [9.17, 15) is 10.2 Å². The van der Waals surface area contributed by atoms with Crippen molar-refractivity contribution < 1.29 is 10.2 Å². The summed E-state index contributed by atoms with van der Waals surface area (Å²) >= 11 is 1.30. The van der Waals surface area contributed by atoms with Crippen LogP contribution < -0.4 is 11.5 Å². The predicted octanol–water partition coefficient (Wildman–Crippen LogP) is -0.649. The molecule has 0 saturated carbocycles. The van der Waals surface area contributed by atoms with Crippen LogP contribution >= 0.6 is 11.8 Å². The standard InChI is InChI=1S/C12H14N6O2S/c1-2-12(4-19)6(20)3-7(21-12)18-5-15-8-9(13)16-11(14)17-10(8)18/h1,5-7,19-20H,3-4H2,(H4,13,14,16,17)/t6-,7+,12+/m0/s1. The molecule has 6 N–H and O–H groups in total. The lowest BCUT2D eigenvalue weighted by molar-refractivity contribution is 0.114. The number of thioether (sulfide) groups is 1. The molecule has 2 aromatic heterocycles. The first kappa shape index (κ1) is 13.9. The monoisotopic (exact) mass is 306 g/mol. The fraction of sp³-hybridized carbons (Fsp3) is 0.417. The van der Waals surface area contributed by atoms with Gasteiger partial charge in [-0.15, -0.1) is 18.2 Å². The molecule has 0 radical (unpaired) electrons. The summed E-state index contributed by atoms with van der Waals surface area (Å²) in [6, 6.07) is 0. The van der Waals surface area contributed by atoms with E-state index in [1.807, 2.05) is 0 Å². The summed E-state index contributed by atoms with van der Waals surface area (Å²) < 4.78 is 0.720. The summed E-state index contributed by atoms with van der Waals surface area (Å²) in [7, 11) is 0. The summed E-state index contributed by atoms with van der Waals surface area (Å²) in [5.41, 5.74) is 12.3. The summed E-state index contributed by atoms with van der Waals surface area (Å²) in [5, 5.41) is 19.4. The number of anilines is 2. The van der Waals surface area contributed by atoms with Crippen molar-refractivity contribution in [1.82, 2.24) is 19.5 Å². The highest BCUT2D eigenvalue weighted by molar-refractivity contribution is 8.01. The number of nitrogen functional groups attached to an aromatic ring is 2. The molecule has 3 rings (SSSR count). The summed E-state index contributed by atoms with van der Waals surface area (Å²) in [4.78, 5) is 12.2. The molecular weight excluding hydrogens is 292 g/mol. The minimum absolute atomic E-state index is 0.0515. The van der Waals surface area contributed by atoms with E-state index >= 15 is 0 Å². The van der Waals surface area contributed by atoms with Crippen molar-refractivity contribution in [1.29, 1.82) is 0 Å². The molecule has 1 saturated heterocycles. The molecule has 0 bridgehead atoms. The quantitative estimate of drug-likeness (QED) is 0.537. The van der Waals surface area contributed by atoms with Gasteiger partial charge in [0.15, 0.2) is 11.5 Å². The molecule has 0 amide bonds. The van der Waals surface area contributed by atoms with Gasteiger partial charge >= 0.3 is 0 Å². The maximum absolute atomic E-state index is 10.2. The smallest absolute Gasteiger partial charge is 0.224 e. The average molecular weight is 306 g/mol. The maximum atomic E-state index is 10.2. The van der Waals surface area contributed by atoms with Crippen LogP contribution in [0.1, 0.15) is 11.8 Å². The van der Waals surface area contributed by atoms with E-state index in [-0.39, 0.29) is 23.7 Å². The number of fused-ring (bicyclic) bond motifs is 1. The largest absolute Gasteiger partial charge is 0.394 e. The van der Waals surface area contributed by atoms with E-state index in [1.54, 1.807) is 10.9 Å². The van der Waals surface area contributed by atoms with Gasteiger partial charge in [0.1, 0.15) is 10.3 Å². The molecule has 9 heteroatoms. The number of nitrogens with two attached hydrogens (primary N) is 2. The number of rotatable bonds is 2. The summed E-state index contributed by atoms with van der Waals surface area (Å²) in [5.74, 6) is 2.74. The van der Waals surface area contributed by atoms with Gasteiger partial charge in [-0.1, -0.05) is 5.92 Å². The second-order valence-electron chi connectivity index (χ2n) is 4.81. The van der Waals surface area contributed by atoms with Crippen molar-refractivity contribution in [2.24, 2.45) is 0 Å². The molecule has 2 aromatic rings. The van der Waals surface area contributed by atoms with Gasteiger partial charge in [0.2, 0.25) is 5.95 Å². The number of aliphatic hydroxyl groups is 2. The van der Waals surface area contributed by atoms with Crippen LogP contribution in [0.15, 0.2) is 6.33 Å². The molecule has 110 valence electrons. The number of aromatic nitrogens is 4. The highest BCUT2D eigenvalue weighted by Gasteiger charge is 2.47. The second kappa shape index (κ2) is 4.77. The third-order valence-corrected chi connectivity index (χ3v) is 5.20. The Kier molecular flexibility index (Phi) is 3.16. The number of aliphatic hydroxyl groups excluding tert-OH is 2. The molecular formula is C12H14N6O2S. The number of hydrogen-bond donors (Lipinski definition) is 4. The fourth-order valence-corrected chi connectivity index (χ4v) is 3.83. The first-order chi connectivity index (χ1) is 10.0. The lowest BCUT2D eigenvalue weighted by atomic mass is 10.0. The second-order valence-corrected chi connectivity index (χ2v) is 6.32. The van der Waals surface area contributed by atoms with E-state index in [4.69, 9.17) is 17.9 Å². The van der Waals surface area contributed by atoms with Crippen molar-refractivity contribution in [2.75, 3.05) is 18.1 Å². The average Bonchev–Trinajstić information content (AvgIpc) is 3.00. The Morgan fingerprint density at radius 2 is 2.29 bits per heavy atom. The van der Waals surface area contributed by atoms with Crippen molar-refractivity contribution in [2.45, 2.75) is 22.6 Å². The van der Waals surface area contributed by atoms with Crippen LogP contribution in [0.3, 0.4) is 0 Å². The van der Waals surface area contributed by atoms with Crippen LogP contribution in [-0.2, 0) is 0 Å². The van der Waals surface area contributed by atoms with E-state index < -0.39 is 10.9 Å². The predicted molar refractivity (Wildman–Crippen MR) is 80.0 cm³/mol. The summed E-state index contributed by atoms with van der Waals surface area (Å²) in [6.07, 6.45) is 6.57. The molecule has 0 unspecified atom stereocenters. The molecule has 8 nitrogen and oxygen atoms in total. The van der Waals surface area contributed by atoms with Gasteiger partial charge < -0.3 is 26.2 Å². The van der Waals surface area contributed by atoms with E-state index in [0.717, 1.165) is 0 Å². The topological polar surface area (TPSA) is 136 Å². The molecule has 21 heavy (non-hydrogen) atoms. The first-order valence-corrected chi connectivity index (χ1v) is 7.08. The van der Waals surface area contributed by atoms with Crippen molar-refractivity contribution in [3.63, 3.8) is 0 Å². The molecule has 0 spiro atoms. The third-order valence-electron chi connectivity index (χ3n) is 3.56. The van der Waals surface area contributed by atoms with Gasteiger partial charge in [-0.05, 0) is 0 Å². The van der Waals surface area contributed by atoms with Gasteiger partial charge in [-0.25, -0.2) is 4.98 Å². The van der Waals surface area contributed by atoms with Gasteiger partial charge in [-0.3, -0.25) is 0 Å². The van der Waals surface area contributed by atoms with Crippen LogP contribution in [0.4, 0.5) is 11.8 Å². The fourth-order valence-electron chi connectivity index (χ4n) is 2.41. The minimum atomic E-state index is -1.02. The minimum Gasteiger partial charge on any atom is -0.394 e. The SMILES string of the molecule is C#C[C@]1(CO)S[C@@H](n2cnc3c(N)nc(N)nc32)C[C@@H]1O. The Labute approximate surface area is 124 Å². The lowest BCUT2D eigenvalue weighted by Crippen LogP contribution is -2.36. The molecule has 0 aliphatic carbocycles. The highest BCUT2D eigenvalue weighted by atomic mass is 32.2. The lowest BCUT2D eigenvalue weighted by Gasteiger charge is -2.22. The molecule has 1 aliphatic rings. The van der Waals surface area contributed by atoms with Crippen LogP contribution in [0, 0.1) is 12.3 Å². The van der Waals surface area contributed by atoms with Gasteiger partial charge in [0, 0.05) is 6.42 Å². The zero-order valence-corrected chi connectivity index (χ0v) is 11.8. The van der Waals surface area contributed by atoms with Crippen LogP contribution in [0.5, 0.6) is 0 Å². The molecule has 0 aromatic carbocycles. The number of terminal acetylenes is 1. The van der Waals surface area contributed by atoms with Crippen LogP contribution in [0.25, 0.3) is 11.2 Å². The Morgan fingerprint density at radius 1 is 1.52 bits per heavy atom. The highest BCUT2D eigenvalue weighted by Crippen LogP contribution is 2.49. The summed E-state index contributed by atoms with van der Waals surface area (Å²) in [6.45, 7) is -0.308. The zero-order valence-electron chi connectivity index (χ0n) is 11.0. The first-order valence-electron chi connectivity index (χ1n) is 6.21. The third kappa shape index (κ3) is 1.99. The van der Waals surface area contributed by atoms with E-state index in [0.29, 0.717) is 17.6 Å². The van der Waals surface area contributed by atoms with Gasteiger partial charge in [0.25, 0.3) is 0 Å². The number of imidazole rings is 1. The Hall–Kier alpha value is -2.02. The Balaban J connectivity index is 2.05. The molecule has 3 atom stereocenters. The van der Waals surface area contributed by atoms with Crippen molar-refractivity contribution >= 4 is 34.7 Å². The van der Waals surface area contributed by atoms with Crippen molar-refractivity contribution in [3.8, 4) is 12.3 Å². The molecule has 1 aliphatic heterocycles. The van der Waals surface area contributed by atoms with E-state index in [2.05, 4.69) is 20.9 Å². The normalized spacial score (nSPS) is 28.8. The number of nitrogens with zero attached hydrogens (tertiary/aromatic N) is 4. The van der Waals surface area contributed by atoms with Crippen LogP contribution in [-0.4, -0.2) is 47.2 Å². The van der Waals surface area contributed by atoms with Crippen molar-refractivity contribution in [3.05, 3.63) is 6.33 Å². The van der Waals surface area contributed by atoms with Gasteiger partial charge in [-0.2, -0.15) is 9.97 Å². The number of hydrogen-bond acceptors (Lipinski definition) is 8.